The van der Waals surface area contributed by atoms with Crippen LogP contribution >= 0.6 is 0 Å². The van der Waals surface area contributed by atoms with Crippen molar-refractivity contribution in [2.45, 2.75) is 6.42 Å². The van der Waals surface area contributed by atoms with E-state index < -0.39 is 0 Å². The highest BCUT2D eigenvalue weighted by Gasteiger charge is 1.98. The van der Waals surface area contributed by atoms with Crippen LogP contribution in [0.2, 0.25) is 0 Å². The summed E-state index contributed by atoms with van der Waals surface area (Å²) in [6.07, 6.45) is 7.52. The molecule has 0 aliphatic carbocycles. The Labute approximate surface area is 81.9 Å². The highest BCUT2D eigenvalue weighted by Crippen LogP contribution is 2.05. The molecule has 0 aliphatic heterocycles. The Morgan fingerprint density at radius 1 is 1.14 bits per heavy atom. The molecule has 0 fully saturated rings. The maximum Gasteiger partial charge on any atom is 0.142 e. The summed E-state index contributed by atoms with van der Waals surface area (Å²) in [6.45, 7) is 0. The Morgan fingerprint density at radius 3 is 2.79 bits per heavy atom. The average Bonchev–Trinajstić information content (AvgIpc) is 2.19. The van der Waals surface area contributed by atoms with Crippen molar-refractivity contribution in [2.24, 2.45) is 0 Å². The Balaban J connectivity index is 2.19. The van der Waals surface area contributed by atoms with Gasteiger partial charge in [0.25, 0.3) is 0 Å². The van der Waals surface area contributed by atoms with E-state index in [0.717, 1.165) is 11.3 Å². The van der Waals surface area contributed by atoms with Crippen LogP contribution in [0.25, 0.3) is 0 Å². The van der Waals surface area contributed by atoms with Crippen molar-refractivity contribution < 1.29 is 0 Å². The molecule has 0 bridgehead atoms. The average molecular weight is 186 g/mol. The standard InChI is InChI=1S/C10H10N4/c11-10-7-13-6-9(14-10)4-8-2-1-3-12-5-8/h1-3,5-7H,4H2,(H2,11,14). The van der Waals surface area contributed by atoms with Crippen molar-refractivity contribution in [1.82, 2.24) is 15.0 Å². The van der Waals surface area contributed by atoms with Gasteiger partial charge in [0.2, 0.25) is 0 Å². The van der Waals surface area contributed by atoms with Crippen molar-refractivity contribution in [2.75, 3.05) is 5.73 Å². The van der Waals surface area contributed by atoms with Crippen LogP contribution < -0.4 is 5.73 Å². The number of anilines is 1. The molecule has 0 radical (unpaired) electrons. The van der Waals surface area contributed by atoms with Crippen molar-refractivity contribution in [1.29, 1.82) is 0 Å². The molecule has 2 rings (SSSR count). The lowest BCUT2D eigenvalue weighted by molar-refractivity contribution is 1.03. The van der Waals surface area contributed by atoms with E-state index >= 15 is 0 Å². The largest absolute Gasteiger partial charge is 0.382 e. The molecule has 2 aromatic heterocycles. The quantitative estimate of drug-likeness (QED) is 0.761. The van der Waals surface area contributed by atoms with Crippen molar-refractivity contribution in [3.8, 4) is 0 Å². The molecule has 0 amide bonds. The molecule has 0 saturated carbocycles. The van der Waals surface area contributed by atoms with Crippen LogP contribution in [0.1, 0.15) is 11.3 Å². The number of aromatic nitrogens is 3. The lowest BCUT2D eigenvalue weighted by Crippen LogP contribution is -1.98. The van der Waals surface area contributed by atoms with E-state index in [0.29, 0.717) is 12.2 Å². The van der Waals surface area contributed by atoms with Crippen LogP contribution in [0.5, 0.6) is 0 Å². The zero-order valence-electron chi connectivity index (χ0n) is 7.59. The third kappa shape index (κ3) is 2.04. The molecule has 0 atom stereocenters. The summed E-state index contributed by atoms with van der Waals surface area (Å²) in [5, 5.41) is 0. The van der Waals surface area contributed by atoms with E-state index in [-0.39, 0.29) is 0 Å². The summed E-state index contributed by atoms with van der Waals surface area (Å²) in [4.78, 5) is 12.2. The number of rotatable bonds is 2. The van der Waals surface area contributed by atoms with Crippen LogP contribution in [0.15, 0.2) is 36.9 Å². The van der Waals surface area contributed by atoms with Crippen molar-refractivity contribution in [3.05, 3.63) is 48.2 Å². The monoisotopic (exact) mass is 186 g/mol. The van der Waals surface area contributed by atoms with Gasteiger partial charge >= 0.3 is 0 Å². The molecule has 0 aromatic carbocycles. The fourth-order valence-corrected chi connectivity index (χ4v) is 1.22. The summed E-state index contributed by atoms with van der Waals surface area (Å²) in [7, 11) is 0. The number of hydrogen-bond donors (Lipinski definition) is 1. The highest BCUT2D eigenvalue weighted by atomic mass is 14.9. The number of nitrogens with two attached hydrogens (primary N) is 1. The summed E-state index contributed by atoms with van der Waals surface area (Å²) in [6, 6.07) is 3.90. The maximum atomic E-state index is 5.52. The number of nitrogen functional groups attached to an aromatic ring is 1. The molecule has 0 saturated heterocycles. The van der Waals surface area contributed by atoms with Crippen LogP contribution in [0.3, 0.4) is 0 Å². The van der Waals surface area contributed by atoms with E-state index in [4.69, 9.17) is 5.73 Å². The fourth-order valence-electron chi connectivity index (χ4n) is 1.22. The number of hydrogen-bond acceptors (Lipinski definition) is 4. The molecular weight excluding hydrogens is 176 g/mol. The first-order valence-corrected chi connectivity index (χ1v) is 4.30. The topological polar surface area (TPSA) is 64.7 Å². The van der Waals surface area contributed by atoms with Gasteiger partial charge in [-0.05, 0) is 11.6 Å². The molecule has 70 valence electrons. The summed E-state index contributed by atoms with van der Waals surface area (Å²) < 4.78 is 0. The second-order valence-electron chi connectivity index (χ2n) is 2.97. The van der Waals surface area contributed by atoms with Gasteiger partial charge in [-0.2, -0.15) is 0 Å². The Morgan fingerprint density at radius 2 is 2.07 bits per heavy atom. The molecule has 4 heteroatoms. The van der Waals surface area contributed by atoms with E-state index in [1.807, 2.05) is 18.3 Å². The number of nitrogens with zero attached hydrogens (tertiary/aromatic N) is 3. The number of pyridine rings is 1. The van der Waals surface area contributed by atoms with Crippen LogP contribution in [-0.2, 0) is 6.42 Å². The van der Waals surface area contributed by atoms with Gasteiger partial charge in [0.1, 0.15) is 5.82 Å². The van der Waals surface area contributed by atoms with Crippen LogP contribution in [0.4, 0.5) is 5.82 Å². The van der Waals surface area contributed by atoms with Gasteiger partial charge in [0.05, 0.1) is 11.9 Å². The van der Waals surface area contributed by atoms with E-state index in [1.165, 1.54) is 6.20 Å². The fraction of sp³-hybridized carbons (Fsp3) is 0.100. The third-order valence-electron chi connectivity index (χ3n) is 1.81. The minimum absolute atomic E-state index is 0.450. The Hall–Kier alpha value is -1.97. The zero-order chi connectivity index (χ0) is 9.80. The lowest BCUT2D eigenvalue weighted by atomic mass is 10.2. The van der Waals surface area contributed by atoms with Gasteiger partial charge in [-0.1, -0.05) is 6.07 Å². The van der Waals surface area contributed by atoms with E-state index in [9.17, 15) is 0 Å². The normalized spacial score (nSPS) is 10.0. The molecule has 4 nitrogen and oxygen atoms in total. The van der Waals surface area contributed by atoms with Crippen molar-refractivity contribution in [3.63, 3.8) is 0 Å². The van der Waals surface area contributed by atoms with Gasteiger partial charge in [0, 0.05) is 25.0 Å². The first kappa shape index (κ1) is 8.62. The van der Waals surface area contributed by atoms with E-state index in [2.05, 4.69) is 15.0 Å². The minimum atomic E-state index is 0.450. The summed E-state index contributed by atoms with van der Waals surface area (Å²) in [5.41, 5.74) is 7.49. The molecule has 0 unspecified atom stereocenters. The zero-order valence-corrected chi connectivity index (χ0v) is 7.59. The van der Waals surface area contributed by atoms with Crippen LogP contribution in [0, 0.1) is 0 Å². The SMILES string of the molecule is Nc1cncc(Cc2cccnc2)n1. The summed E-state index contributed by atoms with van der Waals surface area (Å²) >= 11 is 0. The predicted molar refractivity (Wildman–Crippen MR) is 53.5 cm³/mol. The molecule has 2 heterocycles. The maximum absolute atomic E-state index is 5.52. The molecule has 14 heavy (non-hydrogen) atoms. The molecule has 2 N–H and O–H groups in total. The Kier molecular flexibility index (Phi) is 2.36. The van der Waals surface area contributed by atoms with E-state index in [1.54, 1.807) is 12.4 Å². The van der Waals surface area contributed by atoms with Crippen molar-refractivity contribution >= 4 is 5.82 Å². The van der Waals surface area contributed by atoms with Gasteiger partial charge in [0.15, 0.2) is 0 Å². The Bertz CT molecular complexity index is 413. The molecular formula is C10H10N4. The minimum Gasteiger partial charge on any atom is -0.382 e. The third-order valence-corrected chi connectivity index (χ3v) is 1.81. The predicted octanol–water partition coefficient (Wildman–Crippen LogP) is 1.04. The summed E-state index contributed by atoms with van der Waals surface area (Å²) in [5.74, 6) is 0.450. The highest BCUT2D eigenvalue weighted by molar-refractivity contribution is 5.26. The first-order chi connectivity index (χ1) is 6.84. The first-order valence-electron chi connectivity index (χ1n) is 4.30. The lowest BCUT2D eigenvalue weighted by Gasteiger charge is -2.00. The van der Waals surface area contributed by atoms with Crippen LogP contribution in [-0.4, -0.2) is 15.0 Å². The van der Waals surface area contributed by atoms with Gasteiger partial charge in [-0.15, -0.1) is 0 Å². The second-order valence-corrected chi connectivity index (χ2v) is 2.97. The molecule has 0 aliphatic rings. The second kappa shape index (κ2) is 3.83. The molecule has 0 spiro atoms. The smallest absolute Gasteiger partial charge is 0.142 e. The van der Waals surface area contributed by atoms with Gasteiger partial charge in [-0.25, -0.2) is 4.98 Å². The molecule has 2 aromatic rings. The van der Waals surface area contributed by atoms with Gasteiger partial charge in [-0.3, -0.25) is 9.97 Å². The van der Waals surface area contributed by atoms with Gasteiger partial charge < -0.3 is 5.73 Å².